The molecule has 1 aromatic carbocycles. The smallest absolute Gasteiger partial charge is 0.279 e. The first-order valence-corrected chi connectivity index (χ1v) is 15.0. The molecule has 0 amide bonds. The maximum atomic E-state index is 15.9. The highest BCUT2D eigenvalue weighted by Crippen LogP contribution is 2.56. The van der Waals surface area contributed by atoms with Crippen molar-refractivity contribution in [1.29, 1.82) is 0 Å². The summed E-state index contributed by atoms with van der Waals surface area (Å²) >= 11 is 0. The maximum Gasteiger partial charge on any atom is 0.279 e. The van der Waals surface area contributed by atoms with E-state index in [2.05, 4.69) is 26.1 Å². The number of sulfone groups is 1. The normalized spacial score (nSPS) is 24.7. The van der Waals surface area contributed by atoms with Gasteiger partial charge in [0.2, 0.25) is 9.84 Å². The number of carbonyl (C=O) groups excluding carboxylic acids is 1. The van der Waals surface area contributed by atoms with Crippen molar-refractivity contribution in [3.63, 3.8) is 0 Å². The molecule has 3 aromatic rings. The number of nitrogens with one attached hydrogen (secondary N) is 1. The molecule has 2 aromatic heterocycles. The van der Waals surface area contributed by atoms with Gasteiger partial charge in [-0.05, 0) is 80.8 Å². The van der Waals surface area contributed by atoms with E-state index in [1.54, 1.807) is 13.1 Å². The van der Waals surface area contributed by atoms with Crippen LogP contribution in [0, 0.1) is 17.2 Å². The number of fused-ring (bicyclic) bond motifs is 3. The lowest BCUT2D eigenvalue weighted by molar-refractivity contribution is -0.0469. The van der Waals surface area contributed by atoms with Crippen LogP contribution in [0.2, 0.25) is 0 Å². The van der Waals surface area contributed by atoms with Gasteiger partial charge in [-0.25, -0.2) is 26.6 Å². The summed E-state index contributed by atoms with van der Waals surface area (Å²) in [6.45, 7) is 1.40. The highest BCUT2D eigenvalue weighted by Gasteiger charge is 2.55. The number of alkyl halides is 2. The minimum atomic E-state index is -4.02. The Morgan fingerprint density at radius 3 is 2.50 bits per heavy atom. The average molecular weight is 601 g/mol. The number of hydrogen-bond donors (Lipinski definition) is 2. The summed E-state index contributed by atoms with van der Waals surface area (Å²) in [6, 6.07) is 7.85. The van der Waals surface area contributed by atoms with Gasteiger partial charge in [0.1, 0.15) is 17.8 Å². The molecular formula is C29H31F3N6O3S. The number of nitrogens with zero attached hydrogens (tertiary/aromatic N) is 4. The van der Waals surface area contributed by atoms with Gasteiger partial charge in [0.05, 0.1) is 10.7 Å². The molecule has 222 valence electrons. The molecule has 3 aliphatic carbocycles. The predicted molar refractivity (Wildman–Crippen MR) is 150 cm³/mol. The summed E-state index contributed by atoms with van der Waals surface area (Å²) in [5, 5.41) is 5.82. The Bertz CT molecular complexity index is 1700. The van der Waals surface area contributed by atoms with E-state index >= 15 is 8.78 Å². The average Bonchev–Trinajstić information content (AvgIpc) is 3.45. The fourth-order valence-electron chi connectivity index (χ4n) is 6.11. The third-order valence-electron chi connectivity index (χ3n) is 8.36. The van der Waals surface area contributed by atoms with Gasteiger partial charge in [-0.3, -0.25) is 14.5 Å². The molecule has 13 heteroatoms. The molecule has 6 rings (SSSR count). The molecule has 3 aliphatic rings. The van der Waals surface area contributed by atoms with Gasteiger partial charge in [0.25, 0.3) is 11.1 Å². The van der Waals surface area contributed by atoms with E-state index in [4.69, 9.17) is 0 Å². The molecule has 0 aliphatic heterocycles. The Balaban J connectivity index is 0.00000173. The van der Waals surface area contributed by atoms with Crippen LogP contribution >= 0.6 is 0 Å². The molecule has 3 N–H and O–H groups in total. The quantitative estimate of drug-likeness (QED) is 0.446. The van der Waals surface area contributed by atoms with E-state index in [1.807, 2.05) is 0 Å². The van der Waals surface area contributed by atoms with Gasteiger partial charge >= 0.3 is 0 Å². The van der Waals surface area contributed by atoms with Crippen LogP contribution < -0.4 is 11.1 Å². The summed E-state index contributed by atoms with van der Waals surface area (Å²) in [5.74, 6) is -5.62. The molecule has 1 saturated carbocycles. The standard InChI is InChI=1S/C28H26F3N5O3S.CH5N/c1-16-22-14-27(25(37)24-12-18(9-10-32-24)28(16,30)31)13-21(40(38,39)26-33-15-36(2)35-26)8-3-17(27)11-23(22)34-20-6-4-19(29)5-7-20;1-2/h4-7,9-12,15-16,21,34H,3,8,13-14H2,1-2H3;2H2,1H3/t16?,21-,27+;/m0./s1. The largest absolute Gasteiger partial charge is 0.356 e. The highest BCUT2D eigenvalue weighted by molar-refractivity contribution is 7.91. The number of Topliss-reactive ketones (excluding diaryl/α,β-unsaturated/α-hetero) is 1. The maximum absolute atomic E-state index is 15.9. The summed E-state index contributed by atoms with van der Waals surface area (Å²) < 4.78 is 73.9. The first kappa shape index (κ1) is 29.6. The number of ketones is 1. The summed E-state index contributed by atoms with van der Waals surface area (Å²) in [7, 11) is -0.960. The van der Waals surface area contributed by atoms with E-state index in [0.29, 0.717) is 17.0 Å². The molecule has 0 radical (unpaired) electrons. The van der Waals surface area contributed by atoms with Gasteiger partial charge in [-0.1, -0.05) is 12.5 Å². The molecular weight excluding hydrogens is 569 g/mol. The third-order valence-corrected chi connectivity index (χ3v) is 10.3. The Morgan fingerprint density at radius 2 is 1.83 bits per heavy atom. The molecule has 4 bridgehead atoms. The zero-order valence-electron chi connectivity index (χ0n) is 23.3. The molecule has 3 atom stereocenters. The van der Waals surface area contributed by atoms with E-state index in [0.717, 1.165) is 6.07 Å². The Hall–Kier alpha value is -3.84. The van der Waals surface area contributed by atoms with E-state index in [1.165, 1.54) is 61.5 Å². The lowest BCUT2D eigenvalue weighted by Crippen LogP contribution is -2.45. The zero-order valence-corrected chi connectivity index (χ0v) is 24.1. The number of rotatable bonds is 4. The number of allylic oxidation sites excluding steroid dienone is 3. The fourth-order valence-corrected chi connectivity index (χ4v) is 7.78. The molecule has 1 spiro atoms. The van der Waals surface area contributed by atoms with E-state index < -0.39 is 43.9 Å². The fraction of sp³-hybridized carbons (Fsp3) is 0.379. The third kappa shape index (κ3) is 4.83. The molecule has 9 nitrogen and oxygen atoms in total. The van der Waals surface area contributed by atoms with Crippen molar-refractivity contribution in [2.45, 2.75) is 48.9 Å². The van der Waals surface area contributed by atoms with Crippen LogP contribution in [0.3, 0.4) is 0 Å². The summed E-state index contributed by atoms with van der Waals surface area (Å²) in [4.78, 5) is 22.3. The number of pyridine rings is 1. The van der Waals surface area contributed by atoms with Crippen LogP contribution in [0.25, 0.3) is 0 Å². The minimum absolute atomic E-state index is 0.111. The second-order valence-corrected chi connectivity index (χ2v) is 12.8. The number of anilines is 1. The molecule has 0 saturated heterocycles. The van der Waals surface area contributed by atoms with Gasteiger partial charge in [0.15, 0.2) is 5.78 Å². The molecule has 1 fully saturated rings. The number of hydrogen-bond acceptors (Lipinski definition) is 8. The number of halogens is 3. The van der Waals surface area contributed by atoms with Gasteiger partial charge in [-0.15, -0.1) is 5.10 Å². The van der Waals surface area contributed by atoms with Crippen molar-refractivity contribution < 1.29 is 26.4 Å². The summed E-state index contributed by atoms with van der Waals surface area (Å²) in [5.41, 5.74) is 4.46. The van der Waals surface area contributed by atoms with E-state index in [9.17, 15) is 17.6 Å². The minimum Gasteiger partial charge on any atom is -0.356 e. The second kappa shape index (κ2) is 10.8. The number of nitrogens with two attached hydrogens (primary N) is 1. The Morgan fingerprint density at radius 1 is 1.12 bits per heavy atom. The van der Waals surface area contributed by atoms with Gasteiger partial charge in [0, 0.05) is 36.1 Å². The molecule has 2 heterocycles. The van der Waals surface area contributed by atoms with Crippen molar-refractivity contribution in [2.24, 2.45) is 24.1 Å². The van der Waals surface area contributed by atoms with Crippen molar-refractivity contribution >= 4 is 21.3 Å². The lowest BCUT2D eigenvalue weighted by atomic mass is 9.60. The van der Waals surface area contributed by atoms with Crippen molar-refractivity contribution in [1.82, 2.24) is 19.7 Å². The van der Waals surface area contributed by atoms with Gasteiger partial charge in [-0.2, -0.15) is 0 Å². The highest BCUT2D eigenvalue weighted by atomic mass is 32.2. The Kier molecular flexibility index (Phi) is 7.60. The van der Waals surface area contributed by atoms with Crippen molar-refractivity contribution in [2.75, 3.05) is 12.4 Å². The number of aryl methyl sites for hydroxylation is 1. The van der Waals surface area contributed by atoms with E-state index in [-0.39, 0.29) is 47.7 Å². The SMILES string of the molecule is CC1C2=C(Nc3ccc(F)cc3)C=C3CC[C@H](S(=O)(=O)c4ncn(C)n4)C[C@]3(C2)C(=O)c2cc(ccn2)C1(F)F.CN. The monoisotopic (exact) mass is 600 g/mol. The first-order valence-electron chi connectivity index (χ1n) is 13.4. The lowest BCUT2D eigenvalue weighted by Gasteiger charge is -2.45. The van der Waals surface area contributed by atoms with Crippen molar-refractivity contribution in [3.8, 4) is 0 Å². The Labute approximate surface area is 241 Å². The molecule has 42 heavy (non-hydrogen) atoms. The zero-order chi connectivity index (χ0) is 30.4. The van der Waals surface area contributed by atoms with Crippen LogP contribution in [-0.4, -0.2) is 46.2 Å². The second-order valence-electron chi connectivity index (χ2n) is 10.7. The van der Waals surface area contributed by atoms with Crippen LogP contribution in [0.1, 0.15) is 48.7 Å². The van der Waals surface area contributed by atoms with Gasteiger partial charge < -0.3 is 11.1 Å². The topological polar surface area (TPSA) is 133 Å². The van der Waals surface area contributed by atoms with Crippen LogP contribution in [0.5, 0.6) is 0 Å². The first-order chi connectivity index (χ1) is 19.9. The van der Waals surface area contributed by atoms with Crippen LogP contribution in [0.15, 0.2) is 77.0 Å². The van der Waals surface area contributed by atoms with Crippen LogP contribution in [0.4, 0.5) is 18.9 Å². The number of benzene rings is 1. The van der Waals surface area contributed by atoms with Crippen LogP contribution in [-0.2, 0) is 22.8 Å². The van der Waals surface area contributed by atoms with Crippen molar-refractivity contribution in [3.05, 3.63) is 88.9 Å². The number of carbonyl (C=O) groups is 1. The predicted octanol–water partition coefficient (Wildman–Crippen LogP) is 4.56. The number of aromatic nitrogens is 4. The summed E-state index contributed by atoms with van der Waals surface area (Å²) in [6.07, 6.45) is 4.41. The molecule has 1 unspecified atom stereocenters.